The minimum atomic E-state index is -0.445. The first kappa shape index (κ1) is 16.3. The van der Waals surface area contributed by atoms with E-state index in [-0.39, 0.29) is 11.7 Å². The SMILES string of the molecule is CC(C)(C)OC(=O)N1CCC2(CC1)OCCc1sc(Br)cc12. The summed E-state index contributed by atoms with van der Waals surface area (Å²) in [4.78, 5) is 15.4. The van der Waals surface area contributed by atoms with Crippen molar-refractivity contribution >= 4 is 33.4 Å². The Morgan fingerprint density at radius 1 is 1.41 bits per heavy atom. The third-order valence-corrected chi connectivity index (χ3v) is 5.90. The fourth-order valence-electron chi connectivity index (χ4n) is 3.17. The molecule has 0 saturated carbocycles. The molecule has 1 fully saturated rings. The largest absolute Gasteiger partial charge is 0.444 e. The van der Waals surface area contributed by atoms with Crippen LogP contribution in [0.1, 0.15) is 44.1 Å². The first-order valence-electron chi connectivity index (χ1n) is 7.70. The molecule has 2 aliphatic heterocycles. The van der Waals surface area contributed by atoms with E-state index in [1.165, 1.54) is 10.4 Å². The molecular formula is C16H22BrNO3S. The lowest BCUT2D eigenvalue weighted by Crippen LogP contribution is -2.49. The molecule has 2 aliphatic rings. The fraction of sp³-hybridized carbons (Fsp3) is 0.688. The Morgan fingerprint density at radius 2 is 2.09 bits per heavy atom. The summed E-state index contributed by atoms with van der Waals surface area (Å²) in [7, 11) is 0. The summed E-state index contributed by atoms with van der Waals surface area (Å²) < 4.78 is 12.8. The molecule has 3 heterocycles. The summed E-state index contributed by atoms with van der Waals surface area (Å²) in [6, 6.07) is 2.20. The van der Waals surface area contributed by atoms with Gasteiger partial charge in [0, 0.05) is 24.4 Å². The highest BCUT2D eigenvalue weighted by molar-refractivity contribution is 9.11. The van der Waals surface area contributed by atoms with Gasteiger partial charge >= 0.3 is 6.09 Å². The second-order valence-electron chi connectivity index (χ2n) is 6.95. The number of rotatable bonds is 0. The van der Waals surface area contributed by atoms with E-state index < -0.39 is 5.60 Å². The van der Waals surface area contributed by atoms with Crippen LogP contribution in [0, 0.1) is 0 Å². The van der Waals surface area contributed by atoms with Gasteiger partial charge in [-0.2, -0.15) is 0 Å². The number of hydrogen-bond acceptors (Lipinski definition) is 4. The normalized spacial score (nSPS) is 20.8. The molecule has 0 radical (unpaired) electrons. The molecule has 1 spiro atoms. The molecule has 1 amide bonds. The molecule has 4 nitrogen and oxygen atoms in total. The van der Waals surface area contributed by atoms with Gasteiger partial charge in [0.15, 0.2) is 0 Å². The van der Waals surface area contributed by atoms with Crippen LogP contribution in [0.2, 0.25) is 0 Å². The maximum Gasteiger partial charge on any atom is 0.410 e. The summed E-state index contributed by atoms with van der Waals surface area (Å²) in [5, 5.41) is 0. The number of thiophene rings is 1. The second kappa shape index (κ2) is 5.80. The van der Waals surface area contributed by atoms with Gasteiger partial charge in [-0.25, -0.2) is 4.79 Å². The molecule has 0 atom stereocenters. The Kier molecular flexibility index (Phi) is 4.29. The quantitative estimate of drug-likeness (QED) is 0.665. The lowest BCUT2D eigenvalue weighted by atomic mass is 9.82. The van der Waals surface area contributed by atoms with Crippen LogP contribution in [0.4, 0.5) is 4.79 Å². The summed E-state index contributed by atoms with van der Waals surface area (Å²) in [5.74, 6) is 0. The number of amides is 1. The van der Waals surface area contributed by atoms with Crippen LogP contribution in [0.25, 0.3) is 0 Å². The third kappa shape index (κ3) is 3.19. The summed E-state index contributed by atoms with van der Waals surface area (Å²) in [5.41, 5.74) is 0.660. The zero-order chi connectivity index (χ0) is 16.0. The number of nitrogens with zero attached hydrogens (tertiary/aromatic N) is 1. The molecule has 1 saturated heterocycles. The molecule has 0 unspecified atom stereocenters. The predicted octanol–water partition coefficient (Wildman–Crippen LogP) is 4.31. The molecule has 0 aromatic carbocycles. The third-order valence-electron chi connectivity index (χ3n) is 4.20. The van der Waals surface area contributed by atoms with Gasteiger partial charge in [0.05, 0.1) is 16.0 Å². The lowest BCUT2D eigenvalue weighted by Gasteiger charge is -2.44. The van der Waals surface area contributed by atoms with E-state index in [4.69, 9.17) is 9.47 Å². The summed E-state index contributed by atoms with van der Waals surface area (Å²) >= 11 is 5.39. The molecule has 1 aromatic rings. The van der Waals surface area contributed by atoms with E-state index >= 15 is 0 Å². The predicted molar refractivity (Wildman–Crippen MR) is 90.4 cm³/mol. The minimum Gasteiger partial charge on any atom is -0.444 e. The van der Waals surface area contributed by atoms with Crippen molar-refractivity contribution in [3.05, 3.63) is 20.3 Å². The van der Waals surface area contributed by atoms with Crippen LogP contribution in [0.15, 0.2) is 9.85 Å². The molecule has 0 N–H and O–H groups in total. The fourth-order valence-corrected chi connectivity index (χ4v) is 4.94. The molecule has 0 aliphatic carbocycles. The van der Waals surface area contributed by atoms with Gasteiger partial charge < -0.3 is 14.4 Å². The number of carbonyl (C=O) groups excluding carboxylic acids is 1. The van der Waals surface area contributed by atoms with Crippen LogP contribution in [-0.4, -0.2) is 36.3 Å². The first-order chi connectivity index (χ1) is 10.3. The Morgan fingerprint density at radius 3 is 2.73 bits per heavy atom. The number of piperidine rings is 1. The van der Waals surface area contributed by atoms with E-state index in [9.17, 15) is 4.79 Å². The molecule has 6 heteroatoms. The number of hydrogen-bond donors (Lipinski definition) is 0. The highest BCUT2D eigenvalue weighted by Crippen LogP contribution is 2.45. The first-order valence-corrected chi connectivity index (χ1v) is 9.31. The van der Waals surface area contributed by atoms with Crippen LogP contribution in [0.5, 0.6) is 0 Å². The number of carbonyl (C=O) groups is 1. The highest BCUT2D eigenvalue weighted by Gasteiger charge is 2.43. The van der Waals surface area contributed by atoms with E-state index in [1.54, 1.807) is 16.2 Å². The number of halogens is 1. The van der Waals surface area contributed by atoms with Crippen molar-refractivity contribution in [3.8, 4) is 0 Å². The molecular weight excluding hydrogens is 366 g/mol. The van der Waals surface area contributed by atoms with Crippen LogP contribution >= 0.6 is 27.3 Å². The highest BCUT2D eigenvalue weighted by atomic mass is 79.9. The molecule has 3 rings (SSSR count). The van der Waals surface area contributed by atoms with Crippen molar-refractivity contribution in [1.82, 2.24) is 4.90 Å². The van der Waals surface area contributed by atoms with Gasteiger partial charge in [0.25, 0.3) is 0 Å². The van der Waals surface area contributed by atoms with Crippen molar-refractivity contribution in [3.63, 3.8) is 0 Å². The van der Waals surface area contributed by atoms with Crippen LogP contribution in [-0.2, 0) is 21.5 Å². The van der Waals surface area contributed by atoms with Gasteiger partial charge in [0.2, 0.25) is 0 Å². The van der Waals surface area contributed by atoms with Gasteiger partial charge in [-0.3, -0.25) is 0 Å². The maximum atomic E-state index is 12.2. The minimum absolute atomic E-state index is 0.214. The van der Waals surface area contributed by atoms with Gasteiger partial charge in [0.1, 0.15) is 5.60 Å². The van der Waals surface area contributed by atoms with Crippen molar-refractivity contribution in [1.29, 1.82) is 0 Å². The van der Waals surface area contributed by atoms with Crippen LogP contribution < -0.4 is 0 Å². The standard InChI is InChI=1S/C16H22BrNO3S/c1-15(2,3)21-14(19)18-7-5-16(6-8-18)11-10-13(17)22-12(11)4-9-20-16/h10H,4-9H2,1-3H3. The number of ether oxygens (including phenoxy) is 2. The van der Waals surface area contributed by atoms with E-state index in [0.29, 0.717) is 13.1 Å². The smallest absolute Gasteiger partial charge is 0.410 e. The zero-order valence-corrected chi connectivity index (χ0v) is 15.7. The molecule has 0 bridgehead atoms. The molecule has 22 heavy (non-hydrogen) atoms. The zero-order valence-electron chi connectivity index (χ0n) is 13.3. The molecule has 1 aromatic heterocycles. The van der Waals surface area contributed by atoms with Gasteiger partial charge in [-0.05, 0) is 61.2 Å². The Labute approximate surface area is 143 Å². The van der Waals surface area contributed by atoms with Crippen molar-refractivity contribution in [2.75, 3.05) is 19.7 Å². The summed E-state index contributed by atoms with van der Waals surface area (Å²) in [6.07, 6.45) is 2.44. The van der Waals surface area contributed by atoms with Crippen molar-refractivity contribution in [2.24, 2.45) is 0 Å². The number of fused-ring (bicyclic) bond motifs is 2. The Hall–Kier alpha value is -0.590. The molecule has 122 valence electrons. The second-order valence-corrected chi connectivity index (χ2v) is 9.46. The van der Waals surface area contributed by atoms with Gasteiger partial charge in [-0.15, -0.1) is 11.3 Å². The Bertz CT molecular complexity index is 570. The number of likely N-dealkylation sites (tertiary alicyclic amines) is 1. The van der Waals surface area contributed by atoms with E-state index in [2.05, 4.69) is 22.0 Å². The van der Waals surface area contributed by atoms with Gasteiger partial charge in [-0.1, -0.05) is 0 Å². The summed E-state index contributed by atoms with van der Waals surface area (Å²) in [6.45, 7) is 7.83. The maximum absolute atomic E-state index is 12.2. The lowest BCUT2D eigenvalue weighted by molar-refractivity contribution is -0.0969. The van der Waals surface area contributed by atoms with E-state index in [0.717, 1.165) is 29.7 Å². The monoisotopic (exact) mass is 387 g/mol. The topological polar surface area (TPSA) is 38.8 Å². The van der Waals surface area contributed by atoms with E-state index in [1.807, 2.05) is 20.8 Å². The van der Waals surface area contributed by atoms with Crippen molar-refractivity contribution < 1.29 is 14.3 Å². The Balaban J connectivity index is 1.71. The van der Waals surface area contributed by atoms with Crippen LogP contribution in [0.3, 0.4) is 0 Å². The average Bonchev–Trinajstić information content (AvgIpc) is 2.80. The average molecular weight is 388 g/mol. The van der Waals surface area contributed by atoms with Crippen molar-refractivity contribution in [2.45, 2.75) is 51.2 Å².